The maximum absolute atomic E-state index is 12.7. The number of nitrogens with one attached hydrogen (secondary N) is 1. The third kappa shape index (κ3) is 2.38. The fourth-order valence-corrected chi connectivity index (χ4v) is 2.89. The Hall–Kier alpha value is -3.15. The van der Waals surface area contributed by atoms with Gasteiger partial charge in [-0.2, -0.15) is 0 Å². The number of benzene rings is 1. The number of hydrogen-bond acceptors (Lipinski definition) is 4. The Morgan fingerprint density at radius 3 is 2.72 bits per heavy atom. The summed E-state index contributed by atoms with van der Waals surface area (Å²) in [5, 5.41) is 12.1. The Balaban J connectivity index is 1.91. The number of aromatic amines is 1. The van der Waals surface area contributed by atoms with Gasteiger partial charge in [0.05, 0.1) is 11.8 Å². The van der Waals surface area contributed by atoms with Crippen molar-refractivity contribution in [3.63, 3.8) is 0 Å². The molecule has 4 rings (SSSR count). The van der Waals surface area contributed by atoms with E-state index in [1.807, 2.05) is 45.0 Å². The van der Waals surface area contributed by atoms with Crippen LogP contribution in [0.25, 0.3) is 27.8 Å². The Morgan fingerprint density at radius 1 is 1.24 bits per heavy atom. The van der Waals surface area contributed by atoms with Gasteiger partial charge in [-0.3, -0.25) is 9.36 Å². The largest absolute Gasteiger partial charge is 0.494 e. The number of hydrogen-bond donors (Lipinski definition) is 2. The van der Waals surface area contributed by atoms with Crippen molar-refractivity contribution < 1.29 is 9.90 Å². The Bertz CT molecular complexity index is 1120. The molecule has 3 aromatic heterocycles. The van der Waals surface area contributed by atoms with Crippen LogP contribution in [0.3, 0.4) is 0 Å². The highest BCUT2D eigenvalue weighted by atomic mass is 16.3. The Morgan fingerprint density at radius 2 is 2.00 bits per heavy atom. The van der Waals surface area contributed by atoms with Gasteiger partial charge in [0.1, 0.15) is 5.52 Å². The standard InChI is InChI=1S/C19H18N4O2/c1-19(2,3)16(24)13-8-20-17-15(13)22-14(9-21-17)23-10-11-6-4-5-7-12(11)18(23)25/h4-10,25H,1-3H3,(H,20,21). The quantitative estimate of drug-likeness (QED) is 0.546. The molecule has 6 heteroatoms. The molecule has 0 amide bonds. The van der Waals surface area contributed by atoms with Gasteiger partial charge < -0.3 is 10.1 Å². The number of carbonyl (C=O) groups is 1. The van der Waals surface area contributed by atoms with Gasteiger partial charge in [0.25, 0.3) is 0 Å². The second-order valence-corrected chi connectivity index (χ2v) is 7.12. The van der Waals surface area contributed by atoms with E-state index in [1.165, 1.54) is 0 Å². The van der Waals surface area contributed by atoms with Gasteiger partial charge in [0.2, 0.25) is 5.88 Å². The lowest BCUT2D eigenvalue weighted by Gasteiger charge is -2.15. The fraction of sp³-hybridized carbons (Fsp3) is 0.211. The SMILES string of the molecule is CC(C)(C)C(=O)c1c[nH]c2ncc(-n3cc4ccccc4c3O)nc12. The third-order valence-electron chi connectivity index (χ3n) is 4.24. The molecule has 25 heavy (non-hydrogen) atoms. The molecule has 0 aliphatic heterocycles. The first-order valence-electron chi connectivity index (χ1n) is 8.04. The molecule has 0 unspecified atom stereocenters. The first-order chi connectivity index (χ1) is 11.9. The predicted octanol–water partition coefficient (Wildman–Crippen LogP) is 3.84. The zero-order valence-electron chi connectivity index (χ0n) is 14.2. The highest BCUT2D eigenvalue weighted by Crippen LogP contribution is 2.30. The highest BCUT2D eigenvalue weighted by Gasteiger charge is 2.26. The van der Waals surface area contributed by atoms with Crippen LogP contribution >= 0.6 is 0 Å². The van der Waals surface area contributed by atoms with Crippen LogP contribution in [0.15, 0.2) is 42.9 Å². The summed E-state index contributed by atoms with van der Waals surface area (Å²) in [6.07, 6.45) is 5.02. The molecule has 0 radical (unpaired) electrons. The molecule has 0 saturated carbocycles. The van der Waals surface area contributed by atoms with Crippen LogP contribution in [0.2, 0.25) is 0 Å². The average Bonchev–Trinajstić information content (AvgIpc) is 3.14. The second-order valence-electron chi connectivity index (χ2n) is 7.12. The van der Waals surface area contributed by atoms with E-state index in [1.54, 1.807) is 23.2 Å². The predicted molar refractivity (Wildman–Crippen MR) is 96.2 cm³/mol. The van der Waals surface area contributed by atoms with Crippen LogP contribution < -0.4 is 0 Å². The third-order valence-corrected chi connectivity index (χ3v) is 4.24. The molecule has 3 heterocycles. The molecule has 0 bridgehead atoms. The van der Waals surface area contributed by atoms with Crippen molar-refractivity contribution in [1.82, 2.24) is 19.5 Å². The van der Waals surface area contributed by atoms with E-state index in [9.17, 15) is 9.90 Å². The summed E-state index contributed by atoms with van der Waals surface area (Å²) in [4.78, 5) is 24.6. The lowest BCUT2D eigenvalue weighted by atomic mass is 9.87. The molecule has 0 spiro atoms. The zero-order chi connectivity index (χ0) is 17.8. The number of aromatic hydroxyl groups is 1. The smallest absolute Gasteiger partial charge is 0.204 e. The zero-order valence-corrected chi connectivity index (χ0v) is 14.2. The molecular weight excluding hydrogens is 316 g/mol. The van der Waals surface area contributed by atoms with Gasteiger partial charge in [0.15, 0.2) is 17.2 Å². The molecular formula is C19H18N4O2. The van der Waals surface area contributed by atoms with Crippen LogP contribution in [-0.4, -0.2) is 30.4 Å². The van der Waals surface area contributed by atoms with Gasteiger partial charge in [-0.05, 0) is 6.07 Å². The maximum atomic E-state index is 12.7. The number of rotatable bonds is 2. The molecule has 0 aliphatic rings. The van der Waals surface area contributed by atoms with Crippen molar-refractivity contribution in [2.45, 2.75) is 20.8 Å². The van der Waals surface area contributed by atoms with Crippen molar-refractivity contribution in [3.05, 3.63) is 48.4 Å². The summed E-state index contributed by atoms with van der Waals surface area (Å²) in [5.74, 6) is 0.555. The van der Waals surface area contributed by atoms with Gasteiger partial charge in [-0.1, -0.05) is 39.0 Å². The number of fused-ring (bicyclic) bond motifs is 2. The molecule has 0 fully saturated rings. The summed E-state index contributed by atoms with van der Waals surface area (Å²) < 4.78 is 1.58. The molecule has 126 valence electrons. The van der Waals surface area contributed by atoms with E-state index in [2.05, 4.69) is 15.0 Å². The summed E-state index contributed by atoms with van der Waals surface area (Å²) in [5.41, 5.74) is 1.05. The van der Waals surface area contributed by atoms with Crippen LogP contribution in [-0.2, 0) is 0 Å². The summed E-state index contributed by atoms with van der Waals surface area (Å²) in [6, 6.07) is 7.54. The Labute approximate surface area is 144 Å². The average molecular weight is 334 g/mol. The minimum atomic E-state index is -0.517. The number of H-pyrrole nitrogens is 1. The van der Waals surface area contributed by atoms with Gasteiger partial charge >= 0.3 is 0 Å². The number of carbonyl (C=O) groups excluding carboxylic acids is 1. The first-order valence-corrected chi connectivity index (χ1v) is 8.04. The van der Waals surface area contributed by atoms with E-state index in [0.29, 0.717) is 22.5 Å². The molecule has 0 aliphatic carbocycles. The minimum absolute atomic E-state index is 0.00732. The fourth-order valence-electron chi connectivity index (χ4n) is 2.89. The van der Waals surface area contributed by atoms with E-state index in [0.717, 1.165) is 10.8 Å². The van der Waals surface area contributed by atoms with Crippen molar-refractivity contribution >= 4 is 27.7 Å². The van der Waals surface area contributed by atoms with E-state index < -0.39 is 5.41 Å². The molecule has 6 nitrogen and oxygen atoms in total. The Kier molecular flexibility index (Phi) is 3.18. The van der Waals surface area contributed by atoms with Crippen molar-refractivity contribution in [2.24, 2.45) is 5.41 Å². The maximum Gasteiger partial charge on any atom is 0.204 e. The van der Waals surface area contributed by atoms with Gasteiger partial charge in [-0.15, -0.1) is 0 Å². The van der Waals surface area contributed by atoms with Crippen molar-refractivity contribution in [1.29, 1.82) is 0 Å². The topological polar surface area (TPSA) is 83.8 Å². The van der Waals surface area contributed by atoms with Crippen LogP contribution in [0, 0.1) is 5.41 Å². The number of Topliss-reactive ketones (excluding diaryl/α,β-unsaturated/α-hetero) is 1. The van der Waals surface area contributed by atoms with Crippen LogP contribution in [0.5, 0.6) is 5.88 Å². The minimum Gasteiger partial charge on any atom is -0.494 e. The summed E-state index contributed by atoms with van der Waals surface area (Å²) in [7, 11) is 0. The molecule has 2 N–H and O–H groups in total. The molecule has 4 aromatic rings. The first kappa shape index (κ1) is 15.4. The van der Waals surface area contributed by atoms with Gasteiger partial charge in [-0.25, -0.2) is 9.97 Å². The lowest BCUT2D eigenvalue weighted by molar-refractivity contribution is 0.0860. The van der Waals surface area contributed by atoms with Gasteiger partial charge in [0, 0.05) is 28.6 Å². The summed E-state index contributed by atoms with van der Waals surface area (Å²) in [6.45, 7) is 5.61. The molecule has 1 aromatic carbocycles. The summed E-state index contributed by atoms with van der Waals surface area (Å²) >= 11 is 0. The van der Waals surface area contributed by atoms with Crippen LogP contribution in [0.4, 0.5) is 0 Å². The monoisotopic (exact) mass is 334 g/mol. The number of ketones is 1. The highest BCUT2D eigenvalue weighted by molar-refractivity contribution is 6.08. The van der Waals surface area contributed by atoms with E-state index in [4.69, 9.17) is 0 Å². The second kappa shape index (κ2) is 5.17. The van der Waals surface area contributed by atoms with Crippen molar-refractivity contribution in [3.8, 4) is 11.7 Å². The lowest BCUT2D eigenvalue weighted by Crippen LogP contribution is -2.20. The molecule has 0 saturated heterocycles. The number of nitrogens with zero attached hydrogens (tertiary/aromatic N) is 3. The van der Waals surface area contributed by atoms with Crippen molar-refractivity contribution in [2.75, 3.05) is 0 Å². The number of aromatic nitrogens is 4. The normalized spacial score (nSPS) is 12.1. The van der Waals surface area contributed by atoms with E-state index >= 15 is 0 Å². The molecule has 0 atom stereocenters. The van der Waals surface area contributed by atoms with Crippen LogP contribution in [0.1, 0.15) is 31.1 Å². The van der Waals surface area contributed by atoms with E-state index in [-0.39, 0.29) is 11.7 Å².